The van der Waals surface area contributed by atoms with E-state index in [1.165, 1.54) is 0 Å². The fraction of sp³-hybridized carbons (Fsp3) is 0.385. The number of nitrogens with zero attached hydrogens (tertiary/aromatic N) is 4. The third-order valence-electron chi connectivity index (χ3n) is 6.58. The first-order chi connectivity index (χ1) is 17.1. The van der Waals surface area contributed by atoms with Crippen LogP contribution in [0.2, 0.25) is 0 Å². The van der Waals surface area contributed by atoms with Crippen molar-refractivity contribution in [3.63, 3.8) is 0 Å². The lowest BCUT2D eigenvalue weighted by atomic mass is 9.96. The van der Waals surface area contributed by atoms with Crippen LogP contribution in [0.5, 0.6) is 11.5 Å². The summed E-state index contributed by atoms with van der Waals surface area (Å²) >= 11 is 0. The first-order valence-corrected chi connectivity index (χ1v) is 11.9. The molecule has 2 aliphatic rings. The van der Waals surface area contributed by atoms with Crippen molar-refractivity contribution < 1.29 is 23.6 Å². The first kappa shape index (κ1) is 22.9. The van der Waals surface area contributed by atoms with Gasteiger partial charge in [0.2, 0.25) is 17.6 Å². The van der Waals surface area contributed by atoms with Gasteiger partial charge in [-0.15, -0.1) is 0 Å². The molecule has 0 unspecified atom stereocenters. The van der Waals surface area contributed by atoms with Gasteiger partial charge in [0.15, 0.2) is 11.5 Å². The second kappa shape index (κ2) is 9.77. The number of benzene rings is 2. The third-order valence-corrected chi connectivity index (χ3v) is 6.58. The van der Waals surface area contributed by atoms with Crippen LogP contribution >= 0.6 is 0 Å². The predicted molar refractivity (Wildman–Crippen MR) is 127 cm³/mol. The molecule has 0 spiro atoms. The number of fused-ring (bicyclic) bond motifs is 1. The van der Waals surface area contributed by atoms with Crippen molar-refractivity contribution in [2.24, 2.45) is 0 Å². The second-order valence-corrected chi connectivity index (χ2v) is 8.73. The molecule has 2 aliphatic heterocycles. The summed E-state index contributed by atoms with van der Waals surface area (Å²) in [6, 6.07) is 13.1. The van der Waals surface area contributed by atoms with Crippen molar-refractivity contribution in [1.29, 1.82) is 0 Å². The summed E-state index contributed by atoms with van der Waals surface area (Å²) in [6.45, 7) is 4.23. The van der Waals surface area contributed by atoms with Gasteiger partial charge in [0.05, 0.1) is 13.7 Å². The molecule has 2 aromatic carbocycles. The predicted octanol–water partition coefficient (Wildman–Crippen LogP) is 3.51. The van der Waals surface area contributed by atoms with Crippen molar-refractivity contribution in [1.82, 2.24) is 19.9 Å². The molecule has 182 valence electrons. The SMILES string of the molecule is CCOc1ccc(-c2noc(C3CCN(C(=O)CN4Cc5ccccc5C4=O)CC3)n2)cc1OC. The molecule has 0 aliphatic carbocycles. The average Bonchev–Trinajstić information content (AvgIpc) is 3.50. The highest BCUT2D eigenvalue weighted by molar-refractivity contribution is 6.00. The molecule has 9 heteroatoms. The van der Waals surface area contributed by atoms with E-state index in [2.05, 4.69) is 10.1 Å². The summed E-state index contributed by atoms with van der Waals surface area (Å²) in [5, 5.41) is 4.16. The van der Waals surface area contributed by atoms with Crippen molar-refractivity contribution in [3.8, 4) is 22.9 Å². The number of rotatable bonds is 7. The Morgan fingerprint density at radius 1 is 1.14 bits per heavy atom. The number of ether oxygens (including phenoxy) is 2. The molecular weight excluding hydrogens is 448 g/mol. The summed E-state index contributed by atoms with van der Waals surface area (Å²) in [4.78, 5) is 33.5. The van der Waals surface area contributed by atoms with E-state index in [9.17, 15) is 9.59 Å². The van der Waals surface area contributed by atoms with Crippen LogP contribution in [0.1, 0.15) is 47.5 Å². The molecule has 9 nitrogen and oxygen atoms in total. The summed E-state index contributed by atoms with van der Waals surface area (Å²) < 4.78 is 16.6. The van der Waals surface area contributed by atoms with Gasteiger partial charge in [-0.25, -0.2) is 0 Å². The Balaban J connectivity index is 1.18. The number of aromatic nitrogens is 2. The van der Waals surface area contributed by atoms with E-state index in [1.807, 2.05) is 54.3 Å². The molecule has 35 heavy (non-hydrogen) atoms. The van der Waals surface area contributed by atoms with Gasteiger partial charge in [0.1, 0.15) is 6.54 Å². The Bertz CT molecular complexity index is 1230. The van der Waals surface area contributed by atoms with Gasteiger partial charge < -0.3 is 23.8 Å². The molecule has 0 bridgehead atoms. The maximum atomic E-state index is 12.9. The normalized spacial score (nSPS) is 15.9. The van der Waals surface area contributed by atoms with Crippen molar-refractivity contribution in [2.75, 3.05) is 33.4 Å². The Kier molecular flexibility index (Phi) is 6.39. The minimum Gasteiger partial charge on any atom is -0.493 e. The van der Waals surface area contributed by atoms with Crippen LogP contribution in [0.3, 0.4) is 0 Å². The number of carbonyl (C=O) groups excluding carboxylic acids is 2. The van der Waals surface area contributed by atoms with Crippen molar-refractivity contribution in [2.45, 2.75) is 32.2 Å². The fourth-order valence-corrected chi connectivity index (χ4v) is 4.68. The summed E-state index contributed by atoms with van der Waals surface area (Å²) in [6.07, 6.45) is 1.46. The van der Waals surface area contributed by atoms with E-state index in [-0.39, 0.29) is 24.3 Å². The van der Waals surface area contributed by atoms with E-state index in [0.717, 1.165) is 24.0 Å². The molecule has 0 saturated carbocycles. The largest absolute Gasteiger partial charge is 0.493 e. The Morgan fingerprint density at radius 2 is 1.94 bits per heavy atom. The number of amides is 2. The van der Waals surface area contributed by atoms with E-state index in [0.29, 0.717) is 55.0 Å². The van der Waals surface area contributed by atoms with Gasteiger partial charge in [-0.3, -0.25) is 9.59 Å². The van der Waals surface area contributed by atoms with Crippen LogP contribution in [0.4, 0.5) is 0 Å². The molecular formula is C26H28N4O5. The van der Waals surface area contributed by atoms with Crippen LogP contribution in [-0.4, -0.2) is 65.1 Å². The van der Waals surface area contributed by atoms with E-state index >= 15 is 0 Å². The minimum absolute atomic E-state index is 0.0303. The zero-order valence-corrected chi connectivity index (χ0v) is 19.9. The summed E-state index contributed by atoms with van der Waals surface area (Å²) in [5.74, 6) is 2.33. The van der Waals surface area contributed by atoms with Gasteiger partial charge in [-0.05, 0) is 49.6 Å². The average molecular weight is 477 g/mol. The number of likely N-dealkylation sites (tertiary alicyclic amines) is 1. The highest BCUT2D eigenvalue weighted by Gasteiger charge is 2.32. The van der Waals surface area contributed by atoms with Crippen LogP contribution in [0, 0.1) is 0 Å². The van der Waals surface area contributed by atoms with E-state index < -0.39 is 0 Å². The molecule has 0 N–H and O–H groups in total. The number of piperidine rings is 1. The summed E-state index contributed by atoms with van der Waals surface area (Å²) in [5.41, 5.74) is 2.45. The maximum absolute atomic E-state index is 12.9. The monoisotopic (exact) mass is 476 g/mol. The quantitative estimate of drug-likeness (QED) is 0.515. The first-order valence-electron chi connectivity index (χ1n) is 11.9. The molecule has 1 saturated heterocycles. The smallest absolute Gasteiger partial charge is 0.254 e. The lowest BCUT2D eigenvalue weighted by Gasteiger charge is -2.31. The molecule has 3 heterocycles. The highest BCUT2D eigenvalue weighted by Crippen LogP contribution is 2.33. The van der Waals surface area contributed by atoms with E-state index in [1.54, 1.807) is 12.0 Å². The lowest BCUT2D eigenvalue weighted by molar-refractivity contribution is -0.133. The second-order valence-electron chi connectivity index (χ2n) is 8.73. The Morgan fingerprint density at radius 3 is 2.69 bits per heavy atom. The van der Waals surface area contributed by atoms with Gasteiger partial charge in [0, 0.05) is 36.7 Å². The van der Waals surface area contributed by atoms with Crippen LogP contribution in [-0.2, 0) is 11.3 Å². The van der Waals surface area contributed by atoms with Crippen LogP contribution < -0.4 is 9.47 Å². The number of hydrogen-bond acceptors (Lipinski definition) is 7. The summed E-state index contributed by atoms with van der Waals surface area (Å²) in [7, 11) is 1.59. The van der Waals surface area contributed by atoms with Crippen LogP contribution in [0.25, 0.3) is 11.4 Å². The van der Waals surface area contributed by atoms with Gasteiger partial charge in [0.25, 0.3) is 5.91 Å². The van der Waals surface area contributed by atoms with Crippen LogP contribution in [0.15, 0.2) is 47.0 Å². The molecule has 0 atom stereocenters. The van der Waals surface area contributed by atoms with E-state index in [4.69, 9.17) is 14.0 Å². The third kappa shape index (κ3) is 4.58. The highest BCUT2D eigenvalue weighted by atomic mass is 16.5. The molecule has 2 amide bonds. The Labute approximate surface area is 203 Å². The number of hydrogen-bond donors (Lipinski definition) is 0. The van der Waals surface area contributed by atoms with Crippen molar-refractivity contribution in [3.05, 3.63) is 59.5 Å². The lowest BCUT2D eigenvalue weighted by Crippen LogP contribution is -2.44. The fourth-order valence-electron chi connectivity index (χ4n) is 4.68. The Hall–Kier alpha value is -3.88. The molecule has 1 aromatic heterocycles. The number of carbonyl (C=O) groups is 2. The number of methoxy groups -OCH3 is 1. The zero-order valence-electron chi connectivity index (χ0n) is 19.9. The van der Waals surface area contributed by atoms with Crippen molar-refractivity contribution >= 4 is 11.8 Å². The standard InChI is InChI=1S/C26H28N4O5/c1-3-34-21-9-8-18(14-22(21)33-2)24-27-25(35-28-24)17-10-12-29(13-11-17)23(31)16-30-15-19-6-4-5-7-20(19)26(30)32/h4-9,14,17H,3,10-13,15-16H2,1-2H3. The molecule has 5 rings (SSSR count). The maximum Gasteiger partial charge on any atom is 0.254 e. The van der Waals surface area contributed by atoms with Gasteiger partial charge in [-0.1, -0.05) is 23.4 Å². The van der Waals surface area contributed by atoms with Gasteiger partial charge in [-0.2, -0.15) is 4.98 Å². The molecule has 1 fully saturated rings. The minimum atomic E-state index is -0.0758. The molecule has 3 aromatic rings. The molecule has 0 radical (unpaired) electrons. The van der Waals surface area contributed by atoms with Gasteiger partial charge >= 0.3 is 0 Å². The topological polar surface area (TPSA) is 98.0 Å². The zero-order chi connectivity index (χ0) is 24.4.